The molecule has 140 valence electrons. The maximum Gasteiger partial charge on any atom is 0.277 e. The number of likely N-dealkylation sites (tertiary alicyclic amines) is 1. The smallest absolute Gasteiger partial charge is 0.277 e. The third kappa shape index (κ3) is 4.30. The zero-order chi connectivity index (χ0) is 18.4. The molecule has 0 unspecified atom stereocenters. The van der Waals surface area contributed by atoms with Gasteiger partial charge in [0.15, 0.2) is 0 Å². The Kier molecular flexibility index (Phi) is 6.38. The van der Waals surface area contributed by atoms with Crippen molar-refractivity contribution in [2.75, 3.05) is 33.1 Å². The molecule has 0 N–H and O–H groups in total. The Morgan fingerprint density at radius 1 is 1.12 bits per heavy atom. The minimum absolute atomic E-state index is 0.117. The molecule has 1 aliphatic rings. The number of nitrogens with zero attached hydrogens (tertiary/aromatic N) is 3. The number of hydrogen-bond donors (Lipinski definition) is 0. The van der Waals surface area contributed by atoms with E-state index in [4.69, 9.17) is 13.9 Å². The molecule has 1 aromatic heterocycles. The first kappa shape index (κ1) is 18.6. The van der Waals surface area contributed by atoms with Crippen LogP contribution in [0.5, 0.6) is 11.5 Å². The molecule has 2 heterocycles. The first-order chi connectivity index (χ1) is 12.7. The zero-order valence-corrected chi connectivity index (χ0v) is 15.9. The van der Waals surface area contributed by atoms with E-state index in [9.17, 15) is 4.79 Å². The van der Waals surface area contributed by atoms with Gasteiger partial charge in [-0.25, -0.2) is 0 Å². The number of ether oxygens (including phenoxy) is 2. The van der Waals surface area contributed by atoms with Gasteiger partial charge in [-0.15, -0.1) is 10.2 Å². The summed E-state index contributed by atoms with van der Waals surface area (Å²) < 4.78 is 16.5. The van der Waals surface area contributed by atoms with Crippen LogP contribution in [0.2, 0.25) is 0 Å². The number of hydrogen-bond acceptors (Lipinski definition) is 7. The van der Waals surface area contributed by atoms with Crippen molar-refractivity contribution in [2.45, 2.75) is 30.9 Å². The minimum atomic E-state index is 0.117. The summed E-state index contributed by atoms with van der Waals surface area (Å²) in [4.78, 5) is 14.3. The average Bonchev–Trinajstić information content (AvgIpc) is 2.97. The highest BCUT2D eigenvalue weighted by Gasteiger charge is 2.21. The van der Waals surface area contributed by atoms with E-state index in [-0.39, 0.29) is 5.91 Å². The number of carbonyl (C=O) groups excluding carboxylic acids is 1. The minimum Gasteiger partial charge on any atom is -0.496 e. The van der Waals surface area contributed by atoms with Gasteiger partial charge in [-0.05, 0) is 25.0 Å². The summed E-state index contributed by atoms with van der Waals surface area (Å²) in [5, 5.41) is 8.49. The monoisotopic (exact) mass is 377 g/mol. The third-order valence-corrected chi connectivity index (χ3v) is 5.13. The Bertz CT molecular complexity index is 720. The van der Waals surface area contributed by atoms with Crippen LogP contribution in [0.4, 0.5) is 0 Å². The van der Waals surface area contributed by atoms with Gasteiger partial charge in [-0.1, -0.05) is 30.7 Å². The Morgan fingerprint density at radius 3 is 2.38 bits per heavy atom. The summed E-state index contributed by atoms with van der Waals surface area (Å²) >= 11 is 1.26. The molecule has 0 atom stereocenters. The molecule has 3 rings (SSSR count). The molecular formula is C18H23N3O4S. The van der Waals surface area contributed by atoms with Gasteiger partial charge in [0.25, 0.3) is 11.1 Å². The van der Waals surface area contributed by atoms with E-state index in [1.165, 1.54) is 24.6 Å². The lowest BCUT2D eigenvalue weighted by molar-refractivity contribution is -0.128. The second-order valence-corrected chi connectivity index (χ2v) is 6.92. The first-order valence-corrected chi connectivity index (χ1v) is 9.67. The van der Waals surface area contributed by atoms with E-state index in [0.717, 1.165) is 25.9 Å². The molecule has 0 aliphatic carbocycles. The number of aromatic nitrogens is 2. The molecule has 1 aliphatic heterocycles. The normalized spacial score (nSPS) is 14.8. The second-order valence-electron chi connectivity index (χ2n) is 5.99. The topological polar surface area (TPSA) is 77.7 Å². The van der Waals surface area contributed by atoms with E-state index in [2.05, 4.69) is 10.2 Å². The Morgan fingerprint density at radius 2 is 1.77 bits per heavy atom. The fourth-order valence-electron chi connectivity index (χ4n) is 2.97. The summed E-state index contributed by atoms with van der Waals surface area (Å²) in [7, 11) is 3.15. The molecule has 8 heteroatoms. The lowest BCUT2D eigenvalue weighted by Gasteiger charge is -2.19. The van der Waals surface area contributed by atoms with Gasteiger partial charge < -0.3 is 18.8 Å². The summed E-state index contributed by atoms with van der Waals surface area (Å²) in [6.07, 6.45) is 4.55. The number of carbonyl (C=O) groups is 1. The maximum absolute atomic E-state index is 12.4. The van der Waals surface area contributed by atoms with Crippen LogP contribution in [0.1, 0.15) is 25.7 Å². The van der Waals surface area contributed by atoms with Crippen molar-refractivity contribution in [1.29, 1.82) is 0 Å². The number of methoxy groups -OCH3 is 2. The molecule has 1 amide bonds. The number of amides is 1. The van der Waals surface area contributed by atoms with E-state index >= 15 is 0 Å². The molecule has 0 bridgehead atoms. The van der Waals surface area contributed by atoms with E-state index in [0.29, 0.717) is 33.9 Å². The van der Waals surface area contributed by atoms with Crippen LogP contribution in [0.15, 0.2) is 27.8 Å². The quantitative estimate of drug-likeness (QED) is 0.715. The number of benzene rings is 1. The molecule has 7 nitrogen and oxygen atoms in total. The Balaban J connectivity index is 1.68. The van der Waals surface area contributed by atoms with Crippen molar-refractivity contribution < 1.29 is 18.7 Å². The third-order valence-electron chi connectivity index (χ3n) is 4.33. The molecule has 0 saturated carbocycles. The van der Waals surface area contributed by atoms with Crippen LogP contribution < -0.4 is 9.47 Å². The lowest BCUT2D eigenvalue weighted by atomic mass is 10.2. The summed E-state index contributed by atoms with van der Waals surface area (Å²) in [6, 6.07) is 5.43. The first-order valence-electron chi connectivity index (χ1n) is 8.68. The Hall–Kier alpha value is -2.22. The molecule has 1 fully saturated rings. The average molecular weight is 377 g/mol. The van der Waals surface area contributed by atoms with Gasteiger partial charge in [0.05, 0.1) is 20.0 Å². The predicted octanol–water partition coefficient (Wildman–Crippen LogP) is 3.25. The summed E-state index contributed by atoms with van der Waals surface area (Å²) in [5.74, 6) is 1.90. The molecule has 2 aromatic rings. The highest BCUT2D eigenvalue weighted by atomic mass is 32.2. The van der Waals surface area contributed by atoms with Crippen molar-refractivity contribution in [1.82, 2.24) is 15.1 Å². The maximum atomic E-state index is 12.4. The van der Waals surface area contributed by atoms with Crippen molar-refractivity contribution in [3.8, 4) is 23.0 Å². The van der Waals surface area contributed by atoms with Crippen LogP contribution >= 0.6 is 11.8 Å². The summed E-state index contributed by atoms with van der Waals surface area (Å²) in [5.41, 5.74) is 0.607. The van der Waals surface area contributed by atoms with Gasteiger partial charge in [0.1, 0.15) is 17.1 Å². The largest absolute Gasteiger partial charge is 0.496 e. The van der Waals surface area contributed by atoms with Crippen LogP contribution in [0.25, 0.3) is 11.5 Å². The Labute approximate surface area is 157 Å². The van der Waals surface area contributed by atoms with Crippen LogP contribution in [-0.2, 0) is 4.79 Å². The van der Waals surface area contributed by atoms with Crippen molar-refractivity contribution in [2.24, 2.45) is 0 Å². The van der Waals surface area contributed by atoms with E-state index in [1.54, 1.807) is 26.4 Å². The highest BCUT2D eigenvalue weighted by Crippen LogP contribution is 2.38. The fourth-order valence-corrected chi connectivity index (χ4v) is 3.63. The summed E-state index contributed by atoms with van der Waals surface area (Å²) in [6.45, 7) is 1.68. The van der Waals surface area contributed by atoms with Crippen LogP contribution in [0.3, 0.4) is 0 Å². The lowest BCUT2D eigenvalue weighted by Crippen LogP contribution is -2.33. The second kappa shape index (κ2) is 8.93. The zero-order valence-electron chi connectivity index (χ0n) is 15.1. The van der Waals surface area contributed by atoms with Crippen molar-refractivity contribution in [3.63, 3.8) is 0 Å². The molecule has 0 spiro atoms. The van der Waals surface area contributed by atoms with E-state index < -0.39 is 0 Å². The van der Waals surface area contributed by atoms with Gasteiger partial charge in [-0.3, -0.25) is 4.79 Å². The van der Waals surface area contributed by atoms with Gasteiger partial charge >= 0.3 is 0 Å². The molecule has 26 heavy (non-hydrogen) atoms. The van der Waals surface area contributed by atoms with Crippen molar-refractivity contribution in [3.05, 3.63) is 18.2 Å². The molecule has 1 aromatic carbocycles. The van der Waals surface area contributed by atoms with Crippen LogP contribution in [-0.4, -0.2) is 54.1 Å². The number of rotatable bonds is 6. The molecule has 1 saturated heterocycles. The van der Waals surface area contributed by atoms with Gasteiger partial charge in [-0.2, -0.15) is 0 Å². The van der Waals surface area contributed by atoms with Gasteiger partial charge in [0, 0.05) is 13.1 Å². The van der Waals surface area contributed by atoms with Crippen molar-refractivity contribution >= 4 is 17.7 Å². The SMILES string of the molecule is COc1cccc(OC)c1-c1nnc(SCC(=O)N2CCCCCC2)o1. The van der Waals surface area contributed by atoms with E-state index in [1.807, 2.05) is 11.0 Å². The van der Waals surface area contributed by atoms with Crippen LogP contribution in [0, 0.1) is 0 Å². The standard InChI is InChI=1S/C18H23N3O4S/c1-23-13-8-7-9-14(24-2)16(13)17-19-20-18(25-17)26-12-15(22)21-10-5-3-4-6-11-21/h7-9H,3-6,10-12H2,1-2H3. The highest BCUT2D eigenvalue weighted by molar-refractivity contribution is 7.99. The molecular weight excluding hydrogens is 354 g/mol. The predicted molar refractivity (Wildman–Crippen MR) is 98.6 cm³/mol. The van der Waals surface area contributed by atoms with Gasteiger partial charge in [0.2, 0.25) is 5.91 Å². The molecule has 0 radical (unpaired) electrons. The number of thioether (sulfide) groups is 1. The fraction of sp³-hybridized carbons (Fsp3) is 0.500.